The molecule has 1 aliphatic rings. The highest BCUT2D eigenvalue weighted by Crippen LogP contribution is 2.25. The lowest BCUT2D eigenvalue weighted by molar-refractivity contribution is 0.726. The third-order valence-corrected chi connectivity index (χ3v) is 4.37. The van der Waals surface area contributed by atoms with Crippen LogP contribution in [-0.2, 0) is 19.3 Å². The van der Waals surface area contributed by atoms with Crippen LogP contribution in [0.15, 0.2) is 43.0 Å². The maximum Gasteiger partial charge on any atom is 0.0892 e. The van der Waals surface area contributed by atoms with Gasteiger partial charge in [0.2, 0.25) is 0 Å². The Bertz CT molecular complexity index is 790. The van der Waals surface area contributed by atoms with Crippen LogP contribution in [0.3, 0.4) is 0 Å². The molecule has 0 fully saturated rings. The van der Waals surface area contributed by atoms with Crippen molar-refractivity contribution in [3.05, 3.63) is 65.2 Å². The van der Waals surface area contributed by atoms with Crippen LogP contribution in [0.1, 0.15) is 34.7 Å². The van der Waals surface area contributed by atoms with Crippen LogP contribution in [-0.4, -0.2) is 14.6 Å². The predicted octanol–water partition coefficient (Wildman–Crippen LogP) is 2.46. The first kappa shape index (κ1) is 12.5. The lowest BCUT2D eigenvalue weighted by Crippen LogP contribution is -2.13. The van der Waals surface area contributed by atoms with E-state index in [1.54, 1.807) is 6.20 Å². The van der Waals surface area contributed by atoms with Gasteiger partial charge < -0.3 is 5.73 Å². The first-order valence-electron chi connectivity index (χ1n) is 7.45. The first-order chi connectivity index (χ1) is 10.3. The first-order valence-corrected chi connectivity index (χ1v) is 7.45. The van der Waals surface area contributed by atoms with Crippen molar-refractivity contribution in [1.29, 1.82) is 0 Å². The molecule has 2 aromatic heterocycles. The van der Waals surface area contributed by atoms with Gasteiger partial charge in [-0.1, -0.05) is 18.2 Å². The van der Waals surface area contributed by atoms with Crippen molar-refractivity contribution in [1.82, 2.24) is 14.6 Å². The lowest BCUT2D eigenvalue weighted by Gasteiger charge is -2.11. The third-order valence-electron chi connectivity index (χ3n) is 4.37. The average Bonchev–Trinajstić information content (AvgIpc) is 3.13. The summed E-state index contributed by atoms with van der Waals surface area (Å²) < 4.78 is 1.82. The maximum absolute atomic E-state index is 6.40. The van der Waals surface area contributed by atoms with Crippen molar-refractivity contribution in [2.24, 2.45) is 5.73 Å². The number of nitrogens with zero attached hydrogens (tertiary/aromatic N) is 3. The fourth-order valence-corrected chi connectivity index (χ4v) is 3.25. The smallest absolute Gasteiger partial charge is 0.0892 e. The number of benzene rings is 1. The predicted molar refractivity (Wildman–Crippen MR) is 82.1 cm³/mol. The van der Waals surface area contributed by atoms with Gasteiger partial charge in [0.25, 0.3) is 0 Å². The van der Waals surface area contributed by atoms with Crippen molar-refractivity contribution in [3.8, 4) is 0 Å². The van der Waals surface area contributed by atoms with Gasteiger partial charge in [0.15, 0.2) is 0 Å². The molecule has 1 atom stereocenters. The fraction of sp³-hybridized carbons (Fsp3) is 0.294. The SMILES string of the molecule is NC(Cc1ccc2c(c1)CCC2)c1cnn2ccncc12. The van der Waals surface area contributed by atoms with Crippen LogP contribution >= 0.6 is 0 Å². The van der Waals surface area contributed by atoms with Gasteiger partial charge in [-0.25, -0.2) is 4.52 Å². The third kappa shape index (κ3) is 2.21. The van der Waals surface area contributed by atoms with Gasteiger partial charge >= 0.3 is 0 Å². The van der Waals surface area contributed by atoms with E-state index in [4.69, 9.17) is 5.73 Å². The zero-order valence-corrected chi connectivity index (χ0v) is 11.9. The standard InChI is InChI=1S/C17H18N4/c18-16(15-10-20-21-7-6-19-11-17(15)21)9-12-4-5-13-2-1-3-14(13)8-12/h4-8,10-11,16H,1-3,9,18H2. The number of hydrogen-bond acceptors (Lipinski definition) is 3. The number of nitrogens with two attached hydrogens (primary N) is 1. The highest BCUT2D eigenvalue weighted by atomic mass is 15.2. The fourth-order valence-electron chi connectivity index (χ4n) is 3.25. The Kier molecular flexibility index (Phi) is 2.97. The molecular weight excluding hydrogens is 260 g/mol. The Morgan fingerprint density at radius 1 is 1.19 bits per heavy atom. The molecule has 1 aliphatic carbocycles. The van der Waals surface area contributed by atoms with E-state index < -0.39 is 0 Å². The van der Waals surface area contributed by atoms with Gasteiger partial charge in [-0.15, -0.1) is 0 Å². The summed E-state index contributed by atoms with van der Waals surface area (Å²) in [5.41, 5.74) is 12.8. The minimum Gasteiger partial charge on any atom is -0.324 e. The van der Waals surface area contributed by atoms with Crippen LogP contribution in [0.2, 0.25) is 0 Å². The minimum absolute atomic E-state index is 0.0499. The minimum atomic E-state index is -0.0499. The van der Waals surface area contributed by atoms with Gasteiger partial charge in [-0.05, 0) is 42.4 Å². The second-order valence-electron chi connectivity index (χ2n) is 5.77. The molecule has 1 unspecified atom stereocenters. The van der Waals surface area contributed by atoms with Gasteiger partial charge in [0.1, 0.15) is 0 Å². The molecular formula is C17H18N4. The Balaban J connectivity index is 1.62. The summed E-state index contributed by atoms with van der Waals surface area (Å²) in [6.07, 6.45) is 11.8. The molecule has 4 heteroatoms. The van der Waals surface area contributed by atoms with Crippen molar-refractivity contribution >= 4 is 5.52 Å². The van der Waals surface area contributed by atoms with E-state index in [9.17, 15) is 0 Å². The lowest BCUT2D eigenvalue weighted by atomic mass is 9.98. The quantitative estimate of drug-likeness (QED) is 0.800. The molecule has 0 amide bonds. The molecule has 4 nitrogen and oxygen atoms in total. The summed E-state index contributed by atoms with van der Waals surface area (Å²) in [7, 11) is 0. The normalized spacial score (nSPS) is 15.3. The average molecular weight is 278 g/mol. The Hall–Kier alpha value is -2.20. The summed E-state index contributed by atoms with van der Waals surface area (Å²) >= 11 is 0. The summed E-state index contributed by atoms with van der Waals surface area (Å²) in [6, 6.07) is 6.76. The molecule has 1 aromatic carbocycles. The number of aromatic nitrogens is 3. The number of fused-ring (bicyclic) bond motifs is 2. The molecule has 2 heterocycles. The molecule has 106 valence electrons. The second-order valence-corrected chi connectivity index (χ2v) is 5.77. The van der Waals surface area contributed by atoms with Gasteiger partial charge in [0.05, 0.1) is 17.9 Å². The van der Waals surface area contributed by atoms with E-state index in [1.807, 2.05) is 23.1 Å². The van der Waals surface area contributed by atoms with Crippen LogP contribution in [0.5, 0.6) is 0 Å². The van der Waals surface area contributed by atoms with E-state index in [0.29, 0.717) is 0 Å². The number of rotatable bonds is 3. The molecule has 0 saturated carbocycles. The second kappa shape index (κ2) is 4.97. The van der Waals surface area contributed by atoms with Crippen LogP contribution in [0, 0.1) is 0 Å². The monoisotopic (exact) mass is 278 g/mol. The Morgan fingerprint density at radius 2 is 2.10 bits per heavy atom. The van der Waals surface area contributed by atoms with E-state index in [0.717, 1.165) is 17.5 Å². The topological polar surface area (TPSA) is 56.2 Å². The summed E-state index contributed by atoms with van der Waals surface area (Å²) in [5.74, 6) is 0. The van der Waals surface area contributed by atoms with Crippen molar-refractivity contribution in [3.63, 3.8) is 0 Å². The van der Waals surface area contributed by atoms with E-state index >= 15 is 0 Å². The zero-order valence-electron chi connectivity index (χ0n) is 11.9. The molecule has 0 saturated heterocycles. The molecule has 4 rings (SSSR count). The molecule has 0 aliphatic heterocycles. The number of aryl methyl sites for hydroxylation is 2. The van der Waals surface area contributed by atoms with E-state index in [-0.39, 0.29) is 6.04 Å². The largest absolute Gasteiger partial charge is 0.324 e. The molecule has 2 N–H and O–H groups in total. The maximum atomic E-state index is 6.40. The van der Waals surface area contributed by atoms with Crippen LogP contribution in [0.4, 0.5) is 0 Å². The Labute approximate surface area is 123 Å². The highest BCUT2D eigenvalue weighted by Gasteiger charge is 2.15. The molecule has 3 aromatic rings. The van der Waals surface area contributed by atoms with Gasteiger partial charge in [0, 0.05) is 24.0 Å². The van der Waals surface area contributed by atoms with Crippen LogP contribution < -0.4 is 5.73 Å². The van der Waals surface area contributed by atoms with Crippen molar-refractivity contribution < 1.29 is 0 Å². The van der Waals surface area contributed by atoms with E-state index in [2.05, 4.69) is 28.3 Å². The summed E-state index contributed by atoms with van der Waals surface area (Å²) in [6.45, 7) is 0. The number of hydrogen-bond donors (Lipinski definition) is 1. The molecule has 0 bridgehead atoms. The van der Waals surface area contributed by atoms with E-state index in [1.165, 1.54) is 36.0 Å². The van der Waals surface area contributed by atoms with Crippen molar-refractivity contribution in [2.75, 3.05) is 0 Å². The molecule has 21 heavy (non-hydrogen) atoms. The summed E-state index contributed by atoms with van der Waals surface area (Å²) in [4.78, 5) is 4.17. The highest BCUT2D eigenvalue weighted by molar-refractivity contribution is 5.53. The molecule has 0 radical (unpaired) electrons. The van der Waals surface area contributed by atoms with Crippen molar-refractivity contribution in [2.45, 2.75) is 31.7 Å². The Morgan fingerprint density at radius 3 is 3.05 bits per heavy atom. The molecule has 0 spiro atoms. The summed E-state index contributed by atoms with van der Waals surface area (Å²) in [5, 5.41) is 4.34. The zero-order chi connectivity index (χ0) is 14.2. The van der Waals surface area contributed by atoms with Gasteiger partial charge in [-0.2, -0.15) is 5.10 Å². The van der Waals surface area contributed by atoms with Crippen LogP contribution in [0.25, 0.3) is 5.52 Å². The van der Waals surface area contributed by atoms with Gasteiger partial charge in [-0.3, -0.25) is 4.98 Å².